The van der Waals surface area contributed by atoms with Crippen molar-refractivity contribution in [2.45, 2.75) is 20.0 Å². The van der Waals surface area contributed by atoms with Crippen LogP contribution in [0.15, 0.2) is 47.7 Å². The lowest BCUT2D eigenvalue weighted by Gasteiger charge is -2.11. The maximum atomic E-state index is 13.1. The maximum absolute atomic E-state index is 13.1. The van der Waals surface area contributed by atoms with E-state index < -0.39 is 0 Å². The van der Waals surface area contributed by atoms with Gasteiger partial charge in [0.05, 0.1) is 13.1 Å². The van der Waals surface area contributed by atoms with Gasteiger partial charge in [0.15, 0.2) is 5.96 Å². The summed E-state index contributed by atoms with van der Waals surface area (Å²) in [6.45, 7) is 4.70. The van der Waals surface area contributed by atoms with Crippen molar-refractivity contribution in [3.63, 3.8) is 0 Å². The van der Waals surface area contributed by atoms with Crippen molar-refractivity contribution < 1.29 is 4.39 Å². The first-order chi connectivity index (χ1) is 10.3. The summed E-state index contributed by atoms with van der Waals surface area (Å²) in [5.41, 5.74) is 0.847. The number of hydrogen-bond donors (Lipinski definition) is 2. The van der Waals surface area contributed by atoms with E-state index in [1.165, 1.54) is 12.1 Å². The minimum atomic E-state index is -0.237. The Balaban J connectivity index is 1.86. The first-order valence-electron chi connectivity index (χ1n) is 7.02. The van der Waals surface area contributed by atoms with Gasteiger partial charge in [0.25, 0.3) is 0 Å². The lowest BCUT2D eigenvalue weighted by molar-refractivity contribution is 0.597. The van der Waals surface area contributed by atoms with E-state index in [-0.39, 0.29) is 5.82 Å². The number of aromatic nitrogens is 2. The van der Waals surface area contributed by atoms with Crippen LogP contribution in [0.1, 0.15) is 12.5 Å². The number of hydrogen-bond acceptors (Lipinski definition) is 2. The van der Waals surface area contributed by atoms with Crippen LogP contribution in [0.2, 0.25) is 0 Å². The van der Waals surface area contributed by atoms with Gasteiger partial charge < -0.3 is 10.6 Å². The first-order valence-corrected chi connectivity index (χ1v) is 7.02. The fourth-order valence-corrected chi connectivity index (χ4v) is 1.87. The summed E-state index contributed by atoms with van der Waals surface area (Å²) < 4.78 is 15.0. The van der Waals surface area contributed by atoms with Crippen LogP contribution in [0, 0.1) is 5.82 Å². The van der Waals surface area contributed by atoms with E-state index in [0.717, 1.165) is 25.2 Å². The molecule has 112 valence electrons. The summed E-state index contributed by atoms with van der Waals surface area (Å²) in [6, 6.07) is 8.37. The molecular formula is C15H20FN5. The Morgan fingerprint density at radius 2 is 2.24 bits per heavy atom. The molecule has 1 aromatic carbocycles. The second-order valence-electron chi connectivity index (χ2n) is 4.52. The van der Waals surface area contributed by atoms with Crippen LogP contribution < -0.4 is 10.6 Å². The van der Waals surface area contributed by atoms with E-state index in [1.54, 1.807) is 12.3 Å². The summed E-state index contributed by atoms with van der Waals surface area (Å²) in [7, 11) is 0. The zero-order valence-electron chi connectivity index (χ0n) is 12.1. The van der Waals surface area contributed by atoms with E-state index in [9.17, 15) is 4.39 Å². The highest BCUT2D eigenvalue weighted by Gasteiger charge is 1.99. The largest absolute Gasteiger partial charge is 0.357 e. The third-order valence-corrected chi connectivity index (χ3v) is 2.85. The third kappa shape index (κ3) is 5.25. The molecule has 0 atom stereocenters. The van der Waals surface area contributed by atoms with Crippen LogP contribution >= 0.6 is 0 Å². The average molecular weight is 289 g/mol. The number of aliphatic imine (C=N–C) groups is 1. The second kappa shape index (κ2) is 8.04. The zero-order valence-corrected chi connectivity index (χ0v) is 12.1. The molecular weight excluding hydrogens is 269 g/mol. The molecule has 0 radical (unpaired) electrons. The number of benzene rings is 1. The molecule has 0 amide bonds. The van der Waals surface area contributed by atoms with Gasteiger partial charge in [0, 0.05) is 25.5 Å². The monoisotopic (exact) mass is 289 g/mol. The maximum Gasteiger partial charge on any atom is 0.191 e. The average Bonchev–Trinajstić information content (AvgIpc) is 2.98. The highest BCUT2D eigenvalue weighted by Crippen LogP contribution is 2.04. The SMILES string of the molecule is CCNC(=NCc1cccc(F)c1)NCCn1cccn1. The van der Waals surface area contributed by atoms with E-state index in [2.05, 4.69) is 20.7 Å². The van der Waals surface area contributed by atoms with Gasteiger partial charge in [0.2, 0.25) is 0 Å². The minimum Gasteiger partial charge on any atom is -0.357 e. The number of nitrogens with zero attached hydrogens (tertiary/aromatic N) is 3. The molecule has 1 aromatic heterocycles. The molecule has 0 unspecified atom stereocenters. The van der Waals surface area contributed by atoms with Crippen molar-refractivity contribution >= 4 is 5.96 Å². The molecule has 21 heavy (non-hydrogen) atoms. The van der Waals surface area contributed by atoms with Crippen LogP contribution in [0.3, 0.4) is 0 Å². The van der Waals surface area contributed by atoms with Crippen LogP contribution in [0.4, 0.5) is 4.39 Å². The molecule has 0 aliphatic rings. The third-order valence-electron chi connectivity index (χ3n) is 2.85. The zero-order chi connectivity index (χ0) is 14.9. The van der Waals surface area contributed by atoms with Gasteiger partial charge in [-0.2, -0.15) is 5.10 Å². The Kier molecular flexibility index (Phi) is 5.75. The lowest BCUT2D eigenvalue weighted by Crippen LogP contribution is -2.38. The highest BCUT2D eigenvalue weighted by atomic mass is 19.1. The Bertz CT molecular complexity index is 565. The molecule has 0 bridgehead atoms. The fraction of sp³-hybridized carbons (Fsp3) is 0.333. The molecule has 1 heterocycles. The number of halogens is 1. The summed E-state index contributed by atoms with van der Waals surface area (Å²) in [5, 5.41) is 10.5. The van der Waals surface area contributed by atoms with Crippen molar-refractivity contribution in [2.24, 2.45) is 4.99 Å². The minimum absolute atomic E-state index is 0.237. The molecule has 0 saturated heterocycles. The van der Waals surface area contributed by atoms with E-state index in [4.69, 9.17) is 0 Å². The standard InChI is InChI=1S/C15H20FN5/c1-2-17-15(18-8-10-21-9-4-7-20-21)19-12-13-5-3-6-14(16)11-13/h3-7,9,11H,2,8,10,12H2,1H3,(H2,17,18,19). The molecule has 2 N–H and O–H groups in total. The number of nitrogens with one attached hydrogen (secondary N) is 2. The van der Waals surface area contributed by atoms with Crippen LogP contribution in [0.25, 0.3) is 0 Å². The van der Waals surface area contributed by atoms with Gasteiger partial charge in [-0.25, -0.2) is 9.38 Å². The van der Waals surface area contributed by atoms with Crippen LogP contribution in [0.5, 0.6) is 0 Å². The molecule has 0 aliphatic heterocycles. The smallest absolute Gasteiger partial charge is 0.191 e. The Morgan fingerprint density at radius 1 is 1.33 bits per heavy atom. The Morgan fingerprint density at radius 3 is 2.95 bits per heavy atom. The lowest BCUT2D eigenvalue weighted by atomic mass is 10.2. The van der Waals surface area contributed by atoms with Gasteiger partial charge in [-0.05, 0) is 30.7 Å². The topological polar surface area (TPSA) is 54.2 Å². The Hall–Kier alpha value is -2.37. The van der Waals surface area contributed by atoms with E-state index >= 15 is 0 Å². The molecule has 0 saturated carbocycles. The van der Waals surface area contributed by atoms with Gasteiger partial charge in [-0.3, -0.25) is 4.68 Å². The molecule has 0 fully saturated rings. The molecule has 5 nitrogen and oxygen atoms in total. The predicted molar refractivity (Wildman–Crippen MR) is 81.4 cm³/mol. The van der Waals surface area contributed by atoms with Crippen molar-refractivity contribution in [3.05, 3.63) is 54.1 Å². The highest BCUT2D eigenvalue weighted by molar-refractivity contribution is 5.79. The van der Waals surface area contributed by atoms with Crippen LogP contribution in [-0.2, 0) is 13.1 Å². The molecule has 6 heteroatoms. The van der Waals surface area contributed by atoms with Crippen molar-refractivity contribution in [2.75, 3.05) is 13.1 Å². The van der Waals surface area contributed by atoms with Gasteiger partial charge >= 0.3 is 0 Å². The van der Waals surface area contributed by atoms with E-state index in [0.29, 0.717) is 12.5 Å². The Labute approximate surface area is 123 Å². The van der Waals surface area contributed by atoms with Gasteiger partial charge in [-0.15, -0.1) is 0 Å². The summed E-state index contributed by atoms with van der Waals surface area (Å²) in [4.78, 5) is 4.44. The number of guanidine groups is 1. The predicted octanol–water partition coefficient (Wildman–Crippen LogP) is 1.78. The summed E-state index contributed by atoms with van der Waals surface area (Å²) >= 11 is 0. The molecule has 2 aromatic rings. The van der Waals surface area contributed by atoms with Crippen molar-refractivity contribution in [3.8, 4) is 0 Å². The van der Waals surface area contributed by atoms with E-state index in [1.807, 2.05) is 29.9 Å². The van der Waals surface area contributed by atoms with Crippen LogP contribution in [-0.4, -0.2) is 28.8 Å². The van der Waals surface area contributed by atoms with Crippen molar-refractivity contribution in [1.29, 1.82) is 0 Å². The number of rotatable bonds is 6. The van der Waals surface area contributed by atoms with Gasteiger partial charge in [0.1, 0.15) is 5.82 Å². The first kappa shape index (κ1) is 15.0. The molecule has 0 aliphatic carbocycles. The normalized spacial score (nSPS) is 11.4. The second-order valence-corrected chi connectivity index (χ2v) is 4.52. The summed E-state index contributed by atoms with van der Waals surface area (Å²) in [5.74, 6) is 0.480. The molecule has 0 spiro atoms. The van der Waals surface area contributed by atoms with Crippen molar-refractivity contribution in [1.82, 2.24) is 20.4 Å². The van der Waals surface area contributed by atoms with Gasteiger partial charge in [-0.1, -0.05) is 12.1 Å². The summed E-state index contributed by atoms with van der Waals surface area (Å²) in [6.07, 6.45) is 3.67. The quantitative estimate of drug-likeness (QED) is 0.629. The fourth-order valence-electron chi connectivity index (χ4n) is 1.87. The molecule has 2 rings (SSSR count).